The topological polar surface area (TPSA) is 12.0 Å². The molecule has 0 aliphatic carbocycles. The molecule has 1 fully saturated rings. The summed E-state index contributed by atoms with van der Waals surface area (Å²) in [4.78, 5) is 0. The number of nitrogens with one attached hydrogen (secondary N) is 1. The Morgan fingerprint density at radius 3 is 2.56 bits per heavy atom. The number of likely N-dealkylation sites (N-methyl/N-ethyl adjacent to an activating group) is 1. The highest BCUT2D eigenvalue weighted by atomic mass is 32.2. The molecule has 0 spiro atoms. The van der Waals surface area contributed by atoms with Crippen LogP contribution < -0.4 is 5.32 Å². The van der Waals surface area contributed by atoms with E-state index in [0.29, 0.717) is 6.04 Å². The second-order valence-corrected chi connectivity index (χ2v) is 7.45. The van der Waals surface area contributed by atoms with Gasteiger partial charge in [0.05, 0.1) is 0 Å². The summed E-state index contributed by atoms with van der Waals surface area (Å²) < 4.78 is 0. The number of hydrogen-bond acceptors (Lipinski definition) is 3. The molecular weight excluding hydrogens is 258 g/mol. The first-order chi connectivity index (χ1) is 8.72. The fraction of sp³-hybridized carbons (Fsp3) is 0.600. The van der Waals surface area contributed by atoms with Gasteiger partial charge in [0.15, 0.2) is 0 Å². The lowest BCUT2D eigenvalue weighted by atomic mass is 9.95. The van der Waals surface area contributed by atoms with Gasteiger partial charge in [-0.15, -0.1) is 0 Å². The van der Waals surface area contributed by atoms with Crippen LogP contribution in [0.2, 0.25) is 0 Å². The zero-order valence-corrected chi connectivity index (χ0v) is 13.2. The molecule has 1 aromatic rings. The Morgan fingerprint density at radius 2 is 2.00 bits per heavy atom. The van der Waals surface area contributed by atoms with Gasteiger partial charge in [-0.25, -0.2) is 0 Å². The van der Waals surface area contributed by atoms with E-state index >= 15 is 0 Å². The minimum atomic E-state index is 0.600. The summed E-state index contributed by atoms with van der Waals surface area (Å²) in [5, 5.41) is 4.30. The van der Waals surface area contributed by atoms with Gasteiger partial charge in [0.2, 0.25) is 0 Å². The number of thioether (sulfide) groups is 2. The molecule has 2 atom stereocenters. The molecule has 2 unspecified atom stereocenters. The van der Waals surface area contributed by atoms with E-state index in [1.807, 2.05) is 0 Å². The minimum Gasteiger partial charge on any atom is -0.316 e. The molecule has 0 radical (unpaired) electrons. The Kier molecular flexibility index (Phi) is 5.46. The molecular formula is C15H23NS2. The van der Waals surface area contributed by atoms with E-state index in [9.17, 15) is 0 Å². The van der Waals surface area contributed by atoms with E-state index < -0.39 is 0 Å². The molecule has 1 heterocycles. The first-order valence-electron chi connectivity index (χ1n) is 6.64. The molecule has 1 aromatic carbocycles. The summed E-state index contributed by atoms with van der Waals surface area (Å²) in [7, 11) is 2.11. The van der Waals surface area contributed by atoms with Crippen molar-refractivity contribution in [2.24, 2.45) is 0 Å². The van der Waals surface area contributed by atoms with Gasteiger partial charge >= 0.3 is 0 Å². The lowest BCUT2D eigenvalue weighted by Gasteiger charge is -2.30. The van der Waals surface area contributed by atoms with Crippen molar-refractivity contribution in [2.75, 3.05) is 24.3 Å². The van der Waals surface area contributed by atoms with Crippen LogP contribution in [0.4, 0.5) is 0 Å². The Labute approximate surface area is 120 Å². The van der Waals surface area contributed by atoms with Crippen LogP contribution in [0.25, 0.3) is 0 Å². The van der Waals surface area contributed by atoms with Crippen LogP contribution in [0.15, 0.2) is 18.2 Å². The van der Waals surface area contributed by atoms with E-state index in [-0.39, 0.29) is 0 Å². The smallest absolute Gasteiger partial charge is 0.0295 e. The third-order valence-electron chi connectivity index (χ3n) is 3.73. The maximum Gasteiger partial charge on any atom is 0.0295 e. The zero-order valence-electron chi connectivity index (χ0n) is 11.5. The summed E-state index contributed by atoms with van der Waals surface area (Å²) in [6.45, 7) is 4.47. The van der Waals surface area contributed by atoms with Gasteiger partial charge < -0.3 is 5.32 Å². The maximum absolute atomic E-state index is 3.54. The van der Waals surface area contributed by atoms with Crippen molar-refractivity contribution in [3.63, 3.8) is 0 Å². The second kappa shape index (κ2) is 6.88. The SMILES string of the molecule is CNC(Cc1c(C)cccc1C)C1CSCCS1. The molecule has 0 saturated carbocycles. The molecule has 1 nitrogen and oxygen atoms in total. The van der Waals surface area contributed by atoms with Crippen LogP contribution in [0.5, 0.6) is 0 Å². The van der Waals surface area contributed by atoms with Gasteiger partial charge in [-0.1, -0.05) is 18.2 Å². The molecule has 0 amide bonds. The van der Waals surface area contributed by atoms with Crippen LogP contribution in [0, 0.1) is 13.8 Å². The second-order valence-electron chi connectivity index (χ2n) is 4.95. The number of aryl methyl sites for hydroxylation is 2. The average molecular weight is 281 g/mol. The highest BCUT2D eigenvalue weighted by Crippen LogP contribution is 2.28. The van der Waals surface area contributed by atoms with Gasteiger partial charge in [-0.3, -0.25) is 0 Å². The van der Waals surface area contributed by atoms with Crippen molar-refractivity contribution >= 4 is 23.5 Å². The average Bonchev–Trinajstić information content (AvgIpc) is 2.40. The van der Waals surface area contributed by atoms with Crippen molar-refractivity contribution < 1.29 is 0 Å². The number of benzene rings is 1. The normalized spacial score (nSPS) is 21.8. The Bertz CT molecular complexity index is 366. The highest BCUT2D eigenvalue weighted by molar-refractivity contribution is 8.06. The summed E-state index contributed by atoms with van der Waals surface area (Å²) in [5.74, 6) is 3.92. The van der Waals surface area contributed by atoms with Gasteiger partial charge in [-0.05, 0) is 44.0 Å². The third kappa shape index (κ3) is 3.46. The number of rotatable bonds is 4. The molecule has 1 N–H and O–H groups in total. The summed E-state index contributed by atoms with van der Waals surface area (Å²) in [5.41, 5.74) is 4.40. The number of hydrogen-bond donors (Lipinski definition) is 1. The van der Waals surface area contributed by atoms with Crippen LogP contribution in [0.1, 0.15) is 16.7 Å². The highest BCUT2D eigenvalue weighted by Gasteiger charge is 2.24. The first kappa shape index (κ1) is 14.3. The standard InChI is InChI=1S/C15H23NS2/c1-11-5-4-6-12(2)13(11)9-14(16-3)15-10-17-7-8-18-15/h4-6,14-16H,7-10H2,1-3H3. The van der Waals surface area contributed by atoms with Crippen molar-refractivity contribution in [3.05, 3.63) is 34.9 Å². The van der Waals surface area contributed by atoms with Gasteiger partial charge in [0, 0.05) is 28.6 Å². The molecule has 1 aliphatic heterocycles. The zero-order chi connectivity index (χ0) is 13.0. The first-order valence-corrected chi connectivity index (χ1v) is 8.84. The van der Waals surface area contributed by atoms with Crippen molar-refractivity contribution in [3.8, 4) is 0 Å². The largest absolute Gasteiger partial charge is 0.316 e. The fourth-order valence-corrected chi connectivity index (χ4v) is 5.48. The Morgan fingerprint density at radius 1 is 1.28 bits per heavy atom. The van der Waals surface area contributed by atoms with Gasteiger partial charge in [0.1, 0.15) is 0 Å². The van der Waals surface area contributed by atoms with E-state index in [1.54, 1.807) is 0 Å². The molecule has 3 heteroatoms. The lowest BCUT2D eigenvalue weighted by molar-refractivity contribution is 0.555. The van der Waals surface area contributed by atoms with E-state index in [2.05, 4.69) is 67.9 Å². The van der Waals surface area contributed by atoms with Crippen LogP contribution in [-0.4, -0.2) is 35.6 Å². The minimum absolute atomic E-state index is 0.600. The monoisotopic (exact) mass is 281 g/mol. The van der Waals surface area contributed by atoms with Crippen LogP contribution in [0.3, 0.4) is 0 Å². The van der Waals surface area contributed by atoms with Crippen molar-refractivity contribution in [1.29, 1.82) is 0 Å². The van der Waals surface area contributed by atoms with Gasteiger partial charge in [0.25, 0.3) is 0 Å². The molecule has 18 heavy (non-hydrogen) atoms. The van der Waals surface area contributed by atoms with E-state index in [4.69, 9.17) is 0 Å². The quantitative estimate of drug-likeness (QED) is 0.909. The molecule has 1 aliphatic rings. The molecule has 0 aromatic heterocycles. The molecule has 1 saturated heterocycles. The predicted molar refractivity (Wildman–Crippen MR) is 86.0 cm³/mol. The maximum atomic E-state index is 3.54. The molecule has 100 valence electrons. The summed E-state index contributed by atoms with van der Waals surface area (Å²) in [6, 6.07) is 7.23. The van der Waals surface area contributed by atoms with E-state index in [1.165, 1.54) is 33.9 Å². The lowest BCUT2D eigenvalue weighted by Crippen LogP contribution is -2.41. The Balaban J connectivity index is 2.09. The molecule has 2 rings (SSSR count). The van der Waals surface area contributed by atoms with Crippen molar-refractivity contribution in [1.82, 2.24) is 5.32 Å². The van der Waals surface area contributed by atoms with E-state index in [0.717, 1.165) is 11.7 Å². The van der Waals surface area contributed by atoms with Crippen LogP contribution in [-0.2, 0) is 6.42 Å². The summed E-state index contributed by atoms with van der Waals surface area (Å²) in [6.07, 6.45) is 1.16. The van der Waals surface area contributed by atoms with Crippen LogP contribution >= 0.6 is 23.5 Å². The fourth-order valence-electron chi connectivity index (χ4n) is 2.55. The summed E-state index contributed by atoms with van der Waals surface area (Å²) >= 11 is 4.25. The molecule has 0 bridgehead atoms. The van der Waals surface area contributed by atoms with Crippen molar-refractivity contribution in [2.45, 2.75) is 31.6 Å². The third-order valence-corrected chi connectivity index (χ3v) is 6.65. The van der Waals surface area contributed by atoms with Gasteiger partial charge in [-0.2, -0.15) is 23.5 Å². The predicted octanol–water partition coefficient (Wildman–Crippen LogP) is 3.28. The Hall–Kier alpha value is -0.120.